The van der Waals surface area contributed by atoms with Crippen LogP contribution in [0, 0.1) is 16.7 Å². The minimum absolute atomic E-state index is 0.000579. The minimum Gasteiger partial charge on any atom is -0.377 e. The second kappa shape index (κ2) is 6.93. The van der Waals surface area contributed by atoms with Crippen molar-refractivity contribution in [2.75, 3.05) is 10.2 Å². The first-order chi connectivity index (χ1) is 12.0. The van der Waals surface area contributed by atoms with E-state index in [1.165, 1.54) is 25.1 Å². The number of halogens is 1. The van der Waals surface area contributed by atoms with Crippen LogP contribution < -0.4 is 21.1 Å². The first kappa shape index (κ1) is 19.7. The van der Waals surface area contributed by atoms with E-state index in [-0.39, 0.29) is 33.4 Å². The normalized spacial score (nSPS) is 12.5. The molecule has 1 atom stereocenters. The molecule has 0 aromatic heterocycles. The van der Waals surface area contributed by atoms with Gasteiger partial charge < -0.3 is 5.32 Å². The van der Waals surface area contributed by atoms with Crippen LogP contribution in [0.2, 0.25) is 5.02 Å². The van der Waals surface area contributed by atoms with E-state index in [2.05, 4.69) is 5.32 Å². The number of benzene rings is 1. The average Bonchev–Trinajstić information content (AvgIpc) is 2.56. The SMILES string of the molecule is CC(=O)N(c1ccc(C#N)c(Cl)c1)c1c(NC(C)C(C)(C)C)c(=O)c1=O. The summed E-state index contributed by atoms with van der Waals surface area (Å²) in [6, 6.07) is 6.23. The highest BCUT2D eigenvalue weighted by molar-refractivity contribution is 6.32. The Morgan fingerprint density at radius 2 is 1.88 bits per heavy atom. The first-order valence-electron chi connectivity index (χ1n) is 8.09. The summed E-state index contributed by atoms with van der Waals surface area (Å²) in [5, 5.41) is 12.2. The Kier molecular flexibility index (Phi) is 5.24. The van der Waals surface area contributed by atoms with Gasteiger partial charge in [-0.05, 0) is 30.5 Å². The standard InChI is InChI=1S/C19H20ClN3O3/c1-10(19(3,4)5)22-15-16(18(26)17(15)25)23(11(2)24)13-7-6-12(9-21)14(20)8-13/h6-8,10,22H,1-5H3. The highest BCUT2D eigenvalue weighted by atomic mass is 35.5. The highest BCUT2D eigenvalue weighted by Crippen LogP contribution is 2.33. The maximum Gasteiger partial charge on any atom is 0.254 e. The van der Waals surface area contributed by atoms with Gasteiger partial charge in [-0.25, -0.2) is 0 Å². The largest absolute Gasteiger partial charge is 0.377 e. The molecule has 0 radical (unpaired) electrons. The predicted octanol–water partition coefficient (Wildman–Crippen LogP) is 3.34. The van der Waals surface area contributed by atoms with Gasteiger partial charge in [0.15, 0.2) is 0 Å². The van der Waals surface area contributed by atoms with E-state index in [0.717, 1.165) is 4.90 Å². The Morgan fingerprint density at radius 1 is 1.27 bits per heavy atom. The van der Waals surface area contributed by atoms with Crippen LogP contribution in [0.4, 0.5) is 17.1 Å². The number of anilines is 3. The summed E-state index contributed by atoms with van der Waals surface area (Å²) in [6.45, 7) is 9.19. The molecule has 7 heteroatoms. The molecular formula is C19H20ClN3O3. The molecule has 0 saturated heterocycles. The molecule has 0 fully saturated rings. The fraction of sp³-hybridized carbons (Fsp3) is 0.368. The molecule has 0 saturated carbocycles. The molecule has 1 amide bonds. The zero-order valence-electron chi connectivity index (χ0n) is 15.3. The van der Waals surface area contributed by atoms with Gasteiger partial charge in [0.2, 0.25) is 5.91 Å². The predicted molar refractivity (Wildman–Crippen MR) is 103 cm³/mol. The second-order valence-electron chi connectivity index (χ2n) is 7.24. The summed E-state index contributed by atoms with van der Waals surface area (Å²) in [5.41, 5.74) is -0.849. The van der Waals surface area contributed by atoms with Crippen LogP contribution in [-0.2, 0) is 4.79 Å². The summed E-state index contributed by atoms with van der Waals surface area (Å²) in [5.74, 6) is -0.440. The molecule has 0 aliphatic heterocycles. The minimum atomic E-state index is -0.732. The topological polar surface area (TPSA) is 90.3 Å². The van der Waals surface area contributed by atoms with Crippen LogP contribution in [0.3, 0.4) is 0 Å². The van der Waals surface area contributed by atoms with Gasteiger partial charge in [0.1, 0.15) is 17.4 Å². The lowest BCUT2D eigenvalue weighted by molar-refractivity contribution is -0.115. The summed E-state index contributed by atoms with van der Waals surface area (Å²) in [6.07, 6.45) is 0. The number of nitriles is 1. The van der Waals surface area contributed by atoms with Crippen LogP contribution in [-0.4, -0.2) is 11.9 Å². The zero-order chi connectivity index (χ0) is 19.8. The third-order valence-electron chi connectivity index (χ3n) is 4.41. The second-order valence-corrected chi connectivity index (χ2v) is 7.65. The van der Waals surface area contributed by atoms with E-state index in [1.807, 2.05) is 33.8 Å². The molecular weight excluding hydrogens is 354 g/mol. The van der Waals surface area contributed by atoms with Gasteiger partial charge in [0.05, 0.1) is 16.3 Å². The van der Waals surface area contributed by atoms with E-state index < -0.39 is 16.8 Å². The number of hydrogen-bond donors (Lipinski definition) is 1. The van der Waals surface area contributed by atoms with Gasteiger partial charge in [-0.1, -0.05) is 32.4 Å². The fourth-order valence-electron chi connectivity index (χ4n) is 2.36. The number of carbonyl (C=O) groups is 1. The van der Waals surface area contributed by atoms with Crippen molar-refractivity contribution >= 4 is 34.6 Å². The lowest BCUT2D eigenvalue weighted by Crippen LogP contribution is -2.45. The molecule has 1 N–H and O–H groups in total. The Balaban J connectivity index is 2.54. The molecule has 0 aliphatic rings. The van der Waals surface area contributed by atoms with Crippen LogP contribution >= 0.6 is 11.6 Å². The van der Waals surface area contributed by atoms with Crippen molar-refractivity contribution in [3.05, 3.63) is 49.2 Å². The monoisotopic (exact) mass is 373 g/mol. The molecule has 0 bridgehead atoms. The van der Waals surface area contributed by atoms with Gasteiger partial charge in [0.25, 0.3) is 10.9 Å². The summed E-state index contributed by atoms with van der Waals surface area (Å²) in [7, 11) is 0. The molecule has 2 aromatic rings. The van der Waals surface area contributed by atoms with E-state index in [1.54, 1.807) is 0 Å². The van der Waals surface area contributed by atoms with E-state index in [0.29, 0.717) is 5.69 Å². The summed E-state index contributed by atoms with van der Waals surface area (Å²) in [4.78, 5) is 37.7. The van der Waals surface area contributed by atoms with Crippen molar-refractivity contribution in [3.8, 4) is 6.07 Å². The lowest BCUT2D eigenvalue weighted by atomic mass is 9.87. The van der Waals surface area contributed by atoms with Gasteiger partial charge in [-0.3, -0.25) is 19.3 Å². The molecule has 0 aliphatic carbocycles. The Labute approximate surface area is 156 Å². The maximum absolute atomic E-state index is 12.2. The number of hydrogen-bond acceptors (Lipinski definition) is 5. The zero-order valence-corrected chi connectivity index (χ0v) is 16.1. The molecule has 2 rings (SSSR count). The first-order valence-corrected chi connectivity index (χ1v) is 8.47. The summed E-state index contributed by atoms with van der Waals surface area (Å²) >= 11 is 6.05. The summed E-state index contributed by atoms with van der Waals surface area (Å²) < 4.78 is 0. The Morgan fingerprint density at radius 3 is 2.35 bits per heavy atom. The van der Waals surface area contributed by atoms with Gasteiger partial charge in [-0.2, -0.15) is 5.26 Å². The number of nitrogens with one attached hydrogen (secondary N) is 1. The van der Waals surface area contributed by atoms with Crippen molar-refractivity contribution < 1.29 is 4.79 Å². The third-order valence-corrected chi connectivity index (χ3v) is 4.73. The van der Waals surface area contributed by atoms with Gasteiger partial charge in [0, 0.05) is 13.0 Å². The molecule has 136 valence electrons. The quantitative estimate of drug-likeness (QED) is 0.830. The lowest BCUT2D eigenvalue weighted by Gasteiger charge is -2.32. The van der Waals surface area contributed by atoms with Gasteiger partial charge in [-0.15, -0.1) is 0 Å². The molecule has 0 heterocycles. The fourth-order valence-corrected chi connectivity index (χ4v) is 2.58. The molecule has 0 spiro atoms. The van der Waals surface area contributed by atoms with Crippen molar-refractivity contribution in [2.24, 2.45) is 5.41 Å². The Bertz CT molecular complexity index is 976. The van der Waals surface area contributed by atoms with Crippen LogP contribution in [0.15, 0.2) is 27.8 Å². The van der Waals surface area contributed by atoms with E-state index in [9.17, 15) is 14.4 Å². The van der Waals surface area contributed by atoms with Crippen molar-refractivity contribution in [1.82, 2.24) is 0 Å². The number of carbonyl (C=O) groups excluding carboxylic acids is 1. The van der Waals surface area contributed by atoms with E-state index in [4.69, 9.17) is 16.9 Å². The average molecular weight is 374 g/mol. The van der Waals surface area contributed by atoms with Crippen LogP contribution in [0.5, 0.6) is 0 Å². The van der Waals surface area contributed by atoms with Crippen LogP contribution in [0.25, 0.3) is 0 Å². The van der Waals surface area contributed by atoms with Crippen molar-refractivity contribution in [2.45, 2.75) is 40.7 Å². The smallest absolute Gasteiger partial charge is 0.254 e. The van der Waals surface area contributed by atoms with Crippen molar-refractivity contribution in [1.29, 1.82) is 5.26 Å². The third kappa shape index (κ3) is 3.49. The maximum atomic E-state index is 12.2. The number of amides is 1. The Hall–Kier alpha value is -2.65. The van der Waals surface area contributed by atoms with Gasteiger partial charge >= 0.3 is 0 Å². The number of rotatable bonds is 4. The molecule has 2 aromatic carbocycles. The van der Waals surface area contributed by atoms with E-state index >= 15 is 0 Å². The molecule has 26 heavy (non-hydrogen) atoms. The molecule has 1 unspecified atom stereocenters. The van der Waals surface area contributed by atoms with Crippen LogP contribution in [0.1, 0.15) is 40.2 Å². The molecule has 6 nitrogen and oxygen atoms in total. The van der Waals surface area contributed by atoms with Crippen molar-refractivity contribution in [3.63, 3.8) is 0 Å². The number of nitrogens with zero attached hydrogens (tertiary/aromatic N) is 2. The highest BCUT2D eigenvalue weighted by Gasteiger charge is 2.32.